The lowest BCUT2D eigenvalue weighted by Gasteiger charge is -2.37. The minimum atomic E-state index is 0.896. The lowest BCUT2D eigenvalue weighted by atomic mass is 10.2. The van der Waals surface area contributed by atoms with Gasteiger partial charge in [0, 0.05) is 64.2 Å². The van der Waals surface area contributed by atoms with Crippen molar-refractivity contribution in [3.8, 4) is 10.9 Å². The van der Waals surface area contributed by atoms with Crippen LogP contribution in [0.15, 0.2) is 42.6 Å². The van der Waals surface area contributed by atoms with Crippen LogP contribution >= 0.6 is 11.3 Å². The molecule has 0 bridgehead atoms. The molecule has 2 saturated heterocycles. The van der Waals surface area contributed by atoms with Crippen LogP contribution in [-0.4, -0.2) is 86.2 Å². The number of likely N-dealkylation sites (N-methyl/N-ethyl adjacent to an activating group) is 1. The van der Waals surface area contributed by atoms with Gasteiger partial charge in [-0.3, -0.25) is 4.57 Å². The number of piperazine rings is 2. The molecule has 2 aromatic heterocycles. The Morgan fingerprint density at radius 1 is 0.774 bits per heavy atom. The molecule has 0 amide bonds. The zero-order valence-corrected chi connectivity index (χ0v) is 19.0. The predicted octanol–water partition coefficient (Wildman–Crippen LogP) is 2.42. The van der Waals surface area contributed by atoms with Crippen LogP contribution in [0.2, 0.25) is 0 Å². The number of benzene rings is 1. The molecule has 2 fully saturated rings. The van der Waals surface area contributed by atoms with Crippen molar-refractivity contribution in [1.82, 2.24) is 19.7 Å². The van der Waals surface area contributed by atoms with E-state index in [1.54, 1.807) is 18.4 Å². The first kappa shape index (κ1) is 20.1. The van der Waals surface area contributed by atoms with Crippen LogP contribution in [0.25, 0.3) is 5.13 Å². The van der Waals surface area contributed by atoms with E-state index in [9.17, 15) is 0 Å². The van der Waals surface area contributed by atoms with Gasteiger partial charge < -0.3 is 24.3 Å². The van der Waals surface area contributed by atoms with E-state index in [2.05, 4.69) is 71.9 Å². The Kier molecular flexibility index (Phi) is 5.69. The number of aromatic nitrogens is 3. The predicted molar refractivity (Wildman–Crippen MR) is 126 cm³/mol. The summed E-state index contributed by atoms with van der Waals surface area (Å²) < 4.78 is 7.46. The average Bonchev–Trinajstić information content (AvgIpc) is 3.50. The summed E-state index contributed by atoms with van der Waals surface area (Å²) in [5.74, 6) is 2.09. The van der Waals surface area contributed by atoms with E-state index in [4.69, 9.17) is 4.74 Å². The zero-order chi connectivity index (χ0) is 21.2. The van der Waals surface area contributed by atoms with Crippen LogP contribution in [0.1, 0.15) is 0 Å². The summed E-state index contributed by atoms with van der Waals surface area (Å²) in [6.07, 6.45) is 2.10. The largest absolute Gasteiger partial charge is 0.497 e. The van der Waals surface area contributed by atoms with Gasteiger partial charge in [-0.25, -0.2) is 0 Å². The maximum Gasteiger partial charge on any atom is 0.219 e. The standard InChI is InChI=1S/C22H29N7OS/c1-25-10-12-28(13-11-25)21-23-24-22(31-21)29-9-3-4-20(29)27-16-14-26(15-17-27)18-5-7-19(30-2)8-6-18/h3-9H,10-17H2,1-2H3. The van der Waals surface area contributed by atoms with Gasteiger partial charge in [0.15, 0.2) is 0 Å². The Labute approximate surface area is 187 Å². The zero-order valence-electron chi connectivity index (χ0n) is 18.1. The monoisotopic (exact) mass is 439 g/mol. The molecule has 0 saturated carbocycles. The number of hydrogen-bond donors (Lipinski definition) is 0. The molecule has 0 spiro atoms. The summed E-state index contributed by atoms with van der Waals surface area (Å²) in [6, 6.07) is 12.6. The molecule has 5 rings (SSSR count). The molecule has 1 aromatic carbocycles. The van der Waals surface area contributed by atoms with Crippen LogP contribution in [0, 0.1) is 0 Å². The van der Waals surface area contributed by atoms with Crippen molar-refractivity contribution in [2.24, 2.45) is 0 Å². The first-order chi connectivity index (χ1) is 15.2. The van der Waals surface area contributed by atoms with E-state index in [0.29, 0.717) is 0 Å². The van der Waals surface area contributed by atoms with E-state index >= 15 is 0 Å². The van der Waals surface area contributed by atoms with Crippen molar-refractivity contribution in [3.05, 3.63) is 42.6 Å². The summed E-state index contributed by atoms with van der Waals surface area (Å²) in [6.45, 7) is 8.08. The van der Waals surface area contributed by atoms with E-state index in [-0.39, 0.29) is 0 Å². The molecule has 4 heterocycles. The first-order valence-electron chi connectivity index (χ1n) is 10.8. The van der Waals surface area contributed by atoms with Gasteiger partial charge in [-0.15, -0.1) is 10.2 Å². The number of anilines is 3. The second kappa shape index (κ2) is 8.76. The summed E-state index contributed by atoms with van der Waals surface area (Å²) >= 11 is 1.68. The van der Waals surface area contributed by atoms with Crippen molar-refractivity contribution in [3.63, 3.8) is 0 Å². The smallest absolute Gasteiger partial charge is 0.219 e. The normalized spacial score (nSPS) is 17.9. The third kappa shape index (κ3) is 4.20. The molecule has 3 aromatic rings. The molecule has 0 atom stereocenters. The van der Waals surface area contributed by atoms with Crippen molar-refractivity contribution < 1.29 is 4.74 Å². The van der Waals surface area contributed by atoms with Gasteiger partial charge in [-0.2, -0.15) is 0 Å². The molecule has 9 heteroatoms. The Morgan fingerprint density at radius 3 is 2.13 bits per heavy atom. The summed E-state index contributed by atoms with van der Waals surface area (Å²) in [7, 11) is 3.87. The van der Waals surface area contributed by atoms with Crippen LogP contribution in [0.3, 0.4) is 0 Å². The summed E-state index contributed by atoms with van der Waals surface area (Å²) in [5.41, 5.74) is 1.25. The van der Waals surface area contributed by atoms with E-state index < -0.39 is 0 Å². The van der Waals surface area contributed by atoms with Crippen LogP contribution < -0.4 is 19.4 Å². The van der Waals surface area contributed by atoms with Crippen LogP contribution in [0.5, 0.6) is 5.75 Å². The Hall–Kier alpha value is -2.78. The number of ether oxygens (including phenoxy) is 1. The van der Waals surface area contributed by atoms with Crippen molar-refractivity contribution in [2.45, 2.75) is 0 Å². The fourth-order valence-electron chi connectivity index (χ4n) is 4.21. The fraction of sp³-hybridized carbons (Fsp3) is 0.455. The third-order valence-corrected chi connectivity index (χ3v) is 7.14. The molecule has 0 unspecified atom stereocenters. The summed E-state index contributed by atoms with van der Waals surface area (Å²) in [4.78, 5) is 9.57. The SMILES string of the molecule is COc1ccc(N2CCN(c3cccn3-c3nnc(N4CCN(C)CC4)s3)CC2)cc1. The van der Waals surface area contributed by atoms with Crippen molar-refractivity contribution in [1.29, 1.82) is 0 Å². The summed E-state index contributed by atoms with van der Waals surface area (Å²) in [5, 5.41) is 11.0. The van der Waals surface area contributed by atoms with Gasteiger partial charge in [0.2, 0.25) is 10.3 Å². The van der Waals surface area contributed by atoms with Gasteiger partial charge in [-0.05, 0) is 43.4 Å². The molecular formula is C22H29N7OS. The van der Waals surface area contributed by atoms with Crippen LogP contribution in [0.4, 0.5) is 16.6 Å². The topological polar surface area (TPSA) is 52.9 Å². The minimum absolute atomic E-state index is 0.896. The van der Waals surface area contributed by atoms with E-state index in [1.807, 2.05) is 12.1 Å². The Morgan fingerprint density at radius 2 is 1.42 bits per heavy atom. The molecule has 164 valence electrons. The minimum Gasteiger partial charge on any atom is -0.497 e. The van der Waals surface area contributed by atoms with Crippen molar-refractivity contribution in [2.75, 3.05) is 81.2 Å². The van der Waals surface area contributed by atoms with Crippen LogP contribution in [-0.2, 0) is 0 Å². The van der Waals surface area contributed by atoms with Gasteiger partial charge in [0.05, 0.1) is 7.11 Å². The first-order valence-corrected chi connectivity index (χ1v) is 11.6. The highest BCUT2D eigenvalue weighted by Crippen LogP contribution is 2.29. The Bertz CT molecular complexity index is 985. The number of methoxy groups -OCH3 is 1. The van der Waals surface area contributed by atoms with Crippen molar-refractivity contribution >= 4 is 28.0 Å². The number of rotatable bonds is 5. The fourth-order valence-corrected chi connectivity index (χ4v) is 5.10. The molecular weight excluding hydrogens is 410 g/mol. The molecule has 2 aliphatic heterocycles. The number of nitrogens with zero attached hydrogens (tertiary/aromatic N) is 7. The molecule has 0 radical (unpaired) electrons. The average molecular weight is 440 g/mol. The molecule has 31 heavy (non-hydrogen) atoms. The lowest BCUT2D eigenvalue weighted by Crippen LogP contribution is -2.47. The molecule has 2 aliphatic rings. The van der Waals surface area contributed by atoms with Gasteiger partial charge in [-0.1, -0.05) is 11.3 Å². The van der Waals surface area contributed by atoms with Gasteiger partial charge >= 0.3 is 0 Å². The van der Waals surface area contributed by atoms with Gasteiger partial charge in [0.25, 0.3) is 0 Å². The quantitative estimate of drug-likeness (QED) is 0.605. The highest BCUT2D eigenvalue weighted by molar-refractivity contribution is 7.17. The van der Waals surface area contributed by atoms with Gasteiger partial charge in [0.1, 0.15) is 11.6 Å². The molecule has 0 N–H and O–H groups in total. The second-order valence-corrected chi connectivity index (χ2v) is 9.00. The highest BCUT2D eigenvalue weighted by Gasteiger charge is 2.23. The molecule has 8 nitrogen and oxygen atoms in total. The lowest BCUT2D eigenvalue weighted by molar-refractivity contribution is 0.312. The molecule has 0 aliphatic carbocycles. The highest BCUT2D eigenvalue weighted by atomic mass is 32.1. The van der Waals surface area contributed by atoms with E-state index in [1.165, 1.54) is 11.5 Å². The Balaban J connectivity index is 1.26. The maximum absolute atomic E-state index is 5.28. The maximum atomic E-state index is 5.28. The number of hydrogen-bond acceptors (Lipinski definition) is 8. The van der Waals surface area contributed by atoms with E-state index in [0.717, 1.165) is 68.4 Å². The third-order valence-electron chi connectivity index (χ3n) is 6.15. The second-order valence-electron chi connectivity index (χ2n) is 8.07.